The molecule has 8 heteroatoms. The molecule has 0 bridgehead atoms. The van der Waals surface area contributed by atoms with Gasteiger partial charge in [0.25, 0.3) is 0 Å². The van der Waals surface area contributed by atoms with Gasteiger partial charge in [0, 0.05) is 24.8 Å². The fourth-order valence-corrected chi connectivity index (χ4v) is 3.71. The van der Waals surface area contributed by atoms with Gasteiger partial charge in [0.05, 0.1) is 6.04 Å². The highest BCUT2D eigenvalue weighted by Crippen LogP contribution is 2.38. The largest absolute Gasteiger partial charge is 0.381 e. The van der Waals surface area contributed by atoms with Crippen molar-refractivity contribution in [3.8, 4) is 0 Å². The topological polar surface area (TPSA) is 139 Å². The van der Waals surface area contributed by atoms with Gasteiger partial charge < -0.3 is 21.5 Å². The average molecular weight is 458 g/mol. The molecule has 1 saturated carbocycles. The van der Waals surface area contributed by atoms with E-state index in [4.69, 9.17) is 5.73 Å². The maximum absolute atomic E-state index is 13.2. The van der Waals surface area contributed by atoms with Crippen molar-refractivity contribution in [2.45, 2.75) is 58.1 Å². The van der Waals surface area contributed by atoms with E-state index in [9.17, 15) is 24.3 Å². The van der Waals surface area contributed by atoms with Crippen LogP contribution in [0.1, 0.15) is 51.5 Å². The molecule has 8 nitrogen and oxygen atoms in total. The monoisotopic (exact) mass is 457 g/mol. The summed E-state index contributed by atoms with van der Waals surface area (Å²) < 4.78 is 0. The Morgan fingerprint density at radius 1 is 1.18 bits per heavy atom. The predicted octanol–water partition coefficient (Wildman–Crippen LogP) is 1.57. The molecule has 0 heterocycles. The van der Waals surface area contributed by atoms with Crippen LogP contribution in [0.15, 0.2) is 36.4 Å². The number of aliphatic hydroxyl groups is 1. The van der Waals surface area contributed by atoms with E-state index in [-0.39, 0.29) is 24.5 Å². The lowest BCUT2D eigenvalue weighted by Gasteiger charge is -2.27. The molecule has 0 spiro atoms. The molecule has 0 radical (unpaired) electrons. The number of nitrogens with one attached hydrogen (secondary N) is 2. The molecule has 33 heavy (non-hydrogen) atoms. The summed E-state index contributed by atoms with van der Waals surface area (Å²) in [5, 5.41) is 15.5. The SMILES string of the molecule is CCNC(=O)CCC(NC(=O)[C@H](CC1CC1)C(C)C(=O)/C=C/c1ccccc1)C(O)C(N)=O. The minimum Gasteiger partial charge on any atom is -0.381 e. The molecule has 2 rings (SSSR count). The lowest BCUT2D eigenvalue weighted by molar-refractivity contribution is -0.135. The number of hydrogen-bond donors (Lipinski definition) is 4. The van der Waals surface area contributed by atoms with Crippen LogP contribution in [0.2, 0.25) is 0 Å². The van der Waals surface area contributed by atoms with Crippen LogP contribution >= 0.6 is 0 Å². The van der Waals surface area contributed by atoms with Gasteiger partial charge in [-0.2, -0.15) is 0 Å². The van der Waals surface area contributed by atoms with Crippen LogP contribution in [0.4, 0.5) is 0 Å². The molecule has 3 unspecified atom stereocenters. The number of allylic oxidation sites excluding steroid dienone is 1. The Balaban J connectivity index is 2.10. The lowest BCUT2D eigenvalue weighted by atomic mass is 9.84. The molecule has 0 aliphatic heterocycles. The Labute approximate surface area is 195 Å². The third-order valence-corrected chi connectivity index (χ3v) is 5.97. The van der Waals surface area contributed by atoms with Crippen LogP contribution in [0.3, 0.4) is 0 Å². The zero-order chi connectivity index (χ0) is 24.4. The maximum Gasteiger partial charge on any atom is 0.248 e. The number of nitrogens with two attached hydrogens (primary N) is 1. The maximum atomic E-state index is 13.2. The minimum atomic E-state index is -1.63. The van der Waals surface area contributed by atoms with Crippen LogP contribution in [0, 0.1) is 17.8 Å². The van der Waals surface area contributed by atoms with Gasteiger partial charge in [-0.25, -0.2) is 0 Å². The van der Waals surface area contributed by atoms with Gasteiger partial charge in [-0.1, -0.05) is 56.2 Å². The van der Waals surface area contributed by atoms with E-state index in [1.165, 1.54) is 6.08 Å². The number of aliphatic hydroxyl groups excluding tert-OH is 1. The Bertz CT molecular complexity index is 851. The summed E-state index contributed by atoms with van der Waals surface area (Å²) in [6, 6.07) is 8.40. The highest BCUT2D eigenvalue weighted by molar-refractivity contribution is 5.98. The number of amides is 3. The van der Waals surface area contributed by atoms with Crippen molar-refractivity contribution >= 4 is 29.6 Å². The predicted molar refractivity (Wildman–Crippen MR) is 126 cm³/mol. The van der Waals surface area contributed by atoms with Gasteiger partial charge in [-0.3, -0.25) is 19.2 Å². The molecule has 4 atom stereocenters. The normalized spacial score (nSPS) is 17.1. The molecule has 3 amide bonds. The van der Waals surface area contributed by atoms with Crippen molar-refractivity contribution in [3.63, 3.8) is 0 Å². The molecule has 180 valence electrons. The van der Waals surface area contributed by atoms with Gasteiger partial charge >= 0.3 is 0 Å². The van der Waals surface area contributed by atoms with E-state index in [1.54, 1.807) is 19.9 Å². The van der Waals surface area contributed by atoms with Crippen LogP contribution in [-0.2, 0) is 19.2 Å². The Morgan fingerprint density at radius 3 is 2.42 bits per heavy atom. The van der Waals surface area contributed by atoms with Gasteiger partial charge in [-0.15, -0.1) is 0 Å². The lowest BCUT2D eigenvalue weighted by Crippen LogP contribution is -2.52. The van der Waals surface area contributed by atoms with E-state index in [0.29, 0.717) is 18.9 Å². The fourth-order valence-electron chi connectivity index (χ4n) is 3.71. The molecule has 0 aromatic heterocycles. The zero-order valence-electron chi connectivity index (χ0n) is 19.3. The molecule has 0 saturated heterocycles. The number of ketones is 1. The summed E-state index contributed by atoms with van der Waals surface area (Å²) in [4.78, 5) is 49.4. The smallest absolute Gasteiger partial charge is 0.248 e. The summed E-state index contributed by atoms with van der Waals surface area (Å²) >= 11 is 0. The van der Waals surface area contributed by atoms with Crippen molar-refractivity contribution in [1.82, 2.24) is 10.6 Å². The number of hydrogen-bond acceptors (Lipinski definition) is 5. The number of carbonyl (C=O) groups excluding carboxylic acids is 4. The second kappa shape index (κ2) is 12.9. The third kappa shape index (κ3) is 8.81. The highest BCUT2D eigenvalue weighted by Gasteiger charge is 2.37. The fraction of sp³-hybridized carbons (Fsp3) is 0.520. The molecule has 1 aliphatic carbocycles. The second-order valence-corrected chi connectivity index (χ2v) is 8.68. The van der Waals surface area contributed by atoms with Gasteiger partial charge in [0.2, 0.25) is 17.7 Å². The van der Waals surface area contributed by atoms with Crippen molar-refractivity contribution in [1.29, 1.82) is 0 Å². The second-order valence-electron chi connectivity index (χ2n) is 8.68. The average Bonchev–Trinajstić information content (AvgIpc) is 3.62. The Morgan fingerprint density at radius 2 is 1.85 bits per heavy atom. The first-order valence-corrected chi connectivity index (χ1v) is 11.5. The summed E-state index contributed by atoms with van der Waals surface area (Å²) in [6.45, 7) is 3.95. The van der Waals surface area contributed by atoms with Crippen molar-refractivity contribution < 1.29 is 24.3 Å². The van der Waals surface area contributed by atoms with E-state index in [0.717, 1.165) is 18.4 Å². The van der Waals surface area contributed by atoms with Gasteiger partial charge in [-0.05, 0) is 37.3 Å². The molecular weight excluding hydrogens is 422 g/mol. The zero-order valence-corrected chi connectivity index (χ0v) is 19.3. The standard InChI is InChI=1S/C25H35N3O5/c1-3-27-22(30)14-12-20(23(31)24(26)32)28-25(33)19(15-18-9-10-18)16(2)21(29)13-11-17-7-5-4-6-8-17/h4-8,11,13,16,18-20,23,31H,3,9-10,12,14-15H2,1-2H3,(H2,26,32)(H,27,30)(H,28,33)/b13-11+/t16?,19-,20?,23?/m1/s1. The minimum absolute atomic E-state index is 0.0186. The van der Waals surface area contributed by atoms with Crippen LogP contribution in [0.25, 0.3) is 6.08 Å². The van der Waals surface area contributed by atoms with Crippen molar-refractivity contribution in [2.24, 2.45) is 23.5 Å². The van der Waals surface area contributed by atoms with E-state index in [2.05, 4.69) is 10.6 Å². The number of carbonyl (C=O) groups is 4. The van der Waals surface area contributed by atoms with E-state index in [1.807, 2.05) is 30.3 Å². The first-order chi connectivity index (χ1) is 15.7. The first kappa shape index (κ1) is 26.3. The molecular formula is C25H35N3O5. The van der Waals surface area contributed by atoms with E-state index < -0.39 is 35.8 Å². The van der Waals surface area contributed by atoms with Crippen molar-refractivity contribution in [2.75, 3.05) is 6.54 Å². The molecule has 1 aromatic rings. The number of primary amides is 1. The van der Waals surface area contributed by atoms with E-state index >= 15 is 0 Å². The highest BCUT2D eigenvalue weighted by atomic mass is 16.3. The first-order valence-electron chi connectivity index (χ1n) is 11.5. The summed E-state index contributed by atoms with van der Waals surface area (Å²) in [5.74, 6) is -2.64. The number of benzene rings is 1. The Kier molecular flexibility index (Phi) is 10.3. The quantitative estimate of drug-likeness (QED) is 0.314. The molecule has 1 fully saturated rings. The van der Waals surface area contributed by atoms with Gasteiger partial charge in [0.15, 0.2) is 11.9 Å². The van der Waals surface area contributed by atoms with Gasteiger partial charge in [0.1, 0.15) is 0 Å². The van der Waals surface area contributed by atoms with Crippen molar-refractivity contribution in [3.05, 3.63) is 42.0 Å². The van der Waals surface area contributed by atoms with Crippen LogP contribution in [0.5, 0.6) is 0 Å². The van der Waals surface area contributed by atoms with Crippen LogP contribution < -0.4 is 16.4 Å². The molecule has 5 N–H and O–H groups in total. The number of rotatable bonds is 14. The van der Waals surface area contributed by atoms with Crippen LogP contribution in [-0.4, -0.2) is 47.3 Å². The Hall–Kier alpha value is -3.00. The summed E-state index contributed by atoms with van der Waals surface area (Å²) in [6.07, 6.45) is 4.21. The molecule has 1 aliphatic rings. The third-order valence-electron chi connectivity index (χ3n) is 5.97. The molecule has 1 aromatic carbocycles. The summed E-state index contributed by atoms with van der Waals surface area (Å²) in [7, 11) is 0. The summed E-state index contributed by atoms with van der Waals surface area (Å²) in [5.41, 5.74) is 6.13.